The lowest BCUT2D eigenvalue weighted by Crippen LogP contribution is -2.51. The molecule has 0 saturated carbocycles. The molecule has 3 aromatic rings. The Bertz CT molecular complexity index is 1450. The molecule has 0 heterocycles. The number of methoxy groups -OCH3 is 1. The predicted octanol–water partition coefficient (Wildman–Crippen LogP) is 5.71. The maximum Gasteiger partial charge on any atom is 0.243 e. The van der Waals surface area contributed by atoms with Crippen molar-refractivity contribution in [3.63, 3.8) is 0 Å². The molecule has 226 valence electrons. The summed E-state index contributed by atoms with van der Waals surface area (Å²) in [5.74, 6) is 0.00957. The van der Waals surface area contributed by atoms with Gasteiger partial charge in [0.1, 0.15) is 11.8 Å². The molecule has 0 aliphatic heterocycles. The van der Waals surface area contributed by atoms with Crippen molar-refractivity contribution in [3.05, 3.63) is 94.0 Å². The average Bonchev–Trinajstić information content (AvgIpc) is 2.93. The highest BCUT2D eigenvalue weighted by Gasteiger charge is 2.31. The van der Waals surface area contributed by atoms with Crippen LogP contribution in [0.5, 0.6) is 5.75 Å². The number of nitrogens with zero attached hydrogens (tertiary/aromatic N) is 2. The van der Waals surface area contributed by atoms with Gasteiger partial charge in [-0.25, -0.2) is 8.42 Å². The number of sulfonamides is 1. The molecule has 0 unspecified atom stereocenters. The number of anilines is 1. The predicted molar refractivity (Wildman–Crippen MR) is 169 cm³/mol. The van der Waals surface area contributed by atoms with E-state index in [-0.39, 0.29) is 50.2 Å². The molecule has 42 heavy (non-hydrogen) atoms. The minimum atomic E-state index is -3.62. The number of halogens is 2. The van der Waals surface area contributed by atoms with Gasteiger partial charge in [0.15, 0.2) is 0 Å². The maximum atomic E-state index is 13.9. The van der Waals surface area contributed by atoms with Crippen LogP contribution in [0.15, 0.2) is 72.8 Å². The third kappa shape index (κ3) is 9.64. The van der Waals surface area contributed by atoms with Gasteiger partial charge in [0.2, 0.25) is 21.8 Å². The summed E-state index contributed by atoms with van der Waals surface area (Å²) in [6.45, 7) is 3.87. The molecule has 8 nitrogen and oxygen atoms in total. The van der Waals surface area contributed by atoms with Crippen LogP contribution in [0, 0.1) is 0 Å². The second-order valence-corrected chi connectivity index (χ2v) is 13.0. The van der Waals surface area contributed by atoms with Crippen LogP contribution in [0.1, 0.15) is 37.8 Å². The molecule has 2 amide bonds. The third-order valence-corrected chi connectivity index (χ3v) is 8.35. The van der Waals surface area contributed by atoms with Crippen LogP contribution in [0.25, 0.3) is 0 Å². The van der Waals surface area contributed by atoms with Crippen LogP contribution in [-0.2, 0) is 32.6 Å². The van der Waals surface area contributed by atoms with E-state index in [1.807, 2.05) is 44.2 Å². The van der Waals surface area contributed by atoms with E-state index in [1.54, 1.807) is 42.5 Å². The van der Waals surface area contributed by atoms with Crippen molar-refractivity contribution in [2.45, 2.75) is 51.7 Å². The first-order valence-electron chi connectivity index (χ1n) is 13.6. The number of hydrogen-bond donors (Lipinski definition) is 1. The summed E-state index contributed by atoms with van der Waals surface area (Å²) in [6.07, 6.45) is 1.65. The van der Waals surface area contributed by atoms with Gasteiger partial charge in [-0.2, -0.15) is 0 Å². The first kappa shape index (κ1) is 33.2. The number of carbonyl (C=O) groups is 2. The van der Waals surface area contributed by atoms with E-state index in [9.17, 15) is 18.0 Å². The number of carbonyl (C=O) groups excluding carboxylic acids is 2. The molecule has 11 heteroatoms. The molecule has 1 atom stereocenters. The fourth-order valence-corrected chi connectivity index (χ4v) is 5.95. The Kier molecular flexibility index (Phi) is 12.1. The monoisotopic (exact) mass is 633 g/mol. The lowest BCUT2D eigenvalue weighted by atomic mass is 10.0. The fourth-order valence-electron chi connectivity index (χ4n) is 4.52. The minimum Gasteiger partial charge on any atom is -0.497 e. The number of amides is 2. The summed E-state index contributed by atoms with van der Waals surface area (Å²) in [7, 11) is -2.09. The zero-order valence-corrected chi connectivity index (χ0v) is 26.5. The van der Waals surface area contributed by atoms with Crippen LogP contribution in [0.3, 0.4) is 0 Å². The first-order valence-corrected chi connectivity index (χ1v) is 16.2. The topological polar surface area (TPSA) is 96.0 Å². The van der Waals surface area contributed by atoms with E-state index in [2.05, 4.69) is 5.32 Å². The Hall–Kier alpha value is -3.27. The SMILES string of the molecule is COc1ccc(N(CCCC(=O)N(Cc2ccc(Cl)cc2Cl)[C@@H](Cc2ccccc2)C(=O)NC(C)C)S(C)(=O)=O)cc1. The lowest BCUT2D eigenvalue weighted by molar-refractivity contribution is -0.141. The highest BCUT2D eigenvalue weighted by atomic mass is 35.5. The van der Waals surface area contributed by atoms with Gasteiger partial charge in [0, 0.05) is 42.0 Å². The molecule has 0 fully saturated rings. The molecule has 0 radical (unpaired) electrons. The zero-order valence-electron chi connectivity index (χ0n) is 24.2. The summed E-state index contributed by atoms with van der Waals surface area (Å²) in [4.78, 5) is 28.9. The fraction of sp³-hybridized carbons (Fsp3) is 0.355. The molecule has 1 N–H and O–H groups in total. The summed E-state index contributed by atoms with van der Waals surface area (Å²) >= 11 is 12.6. The second-order valence-electron chi connectivity index (χ2n) is 10.3. The minimum absolute atomic E-state index is 0.00757. The van der Waals surface area contributed by atoms with Crippen LogP contribution in [0.2, 0.25) is 10.0 Å². The molecule has 3 aromatic carbocycles. The number of rotatable bonds is 14. The highest BCUT2D eigenvalue weighted by Crippen LogP contribution is 2.26. The number of ether oxygens (including phenoxy) is 1. The third-order valence-electron chi connectivity index (χ3n) is 6.57. The Morgan fingerprint density at radius 1 is 0.976 bits per heavy atom. The standard InChI is InChI=1S/C31H37Cl2N3O5S/c1-22(2)34-31(38)29(19-23-9-6-5-7-10-23)35(21-24-12-13-25(32)20-28(24)33)30(37)11-8-18-36(42(4,39)40)26-14-16-27(41-3)17-15-26/h5-7,9-10,12-17,20,22,29H,8,11,18-19,21H2,1-4H3,(H,34,38)/t29-/m0/s1. The molecular weight excluding hydrogens is 597 g/mol. The Labute approximate surface area is 258 Å². The average molecular weight is 635 g/mol. The molecular formula is C31H37Cl2N3O5S. The highest BCUT2D eigenvalue weighted by molar-refractivity contribution is 7.92. The van der Waals surface area contributed by atoms with Gasteiger partial charge in [0.05, 0.1) is 19.1 Å². The van der Waals surface area contributed by atoms with Gasteiger partial charge in [0.25, 0.3) is 0 Å². The lowest BCUT2D eigenvalue weighted by Gasteiger charge is -2.32. The molecule has 3 rings (SSSR count). The summed E-state index contributed by atoms with van der Waals surface area (Å²) in [6, 6.07) is 20.2. The first-order chi connectivity index (χ1) is 19.9. The van der Waals surface area contributed by atoms with Gasteiger partial charge < -0.3 is 15.0 Å². The van der Waals surface area contributed by atoms with Gasteiger partial charge in [-0.15, -0.1) is 0 Å². The quantitative estimate of drug-likeness (QED) is 0.245. The number of nitrogens with one attached hydrogen (secondary N) is 1. The molecule has 0 aromatic heterocycles. The van der Waals surface area contributed by atoms with Crippen LogP contribution < -0.4 is 14.4 Å². The summed E-state index contributed by atoms with van der Waals surface area (Å²) in [5, 5.41) is 3.79. The Morgan fingerprint density at radius 3 is 2.21 bits per heavy atom. The van der Waals surface area contributed by atoms with Crippen molar-refractivity contribution in [1.82, 2.24) is 10.2 Å². The summed E-state index contributed by atoms with van der Waals surface area (Å²) in [5.41, 5.74) is 2.00. The van der Waals surface area contributed by atoms with E-state index in [1.165, 1.54) is 16.3 Å². The van der Waals surface area contributed by atoms with Crippen molar-refractivity contribution in [1.29, 1.82) is 0 Å². The van der Waals surface area contributed by atoms with Crippen molar-refractivity contribution in [2.75, 3.05) is 24.2 Å². The molecule has 0 aliphatic rings. The van der Waals surface area contributed by atoms with Crippen LogP contribution in [0.4, 0.5) is 5.69 Å². The van der Waals surface area contributed by atoms with E-state index < -0.39 is 16.1 Å². The molecule has 0 spiro atoms. The van der Waals surface area contributed by atoms with E-state index in [4.69, 9.17) is 27.9 Å². The van der Waals surface area contributed by atoms with Crippen molar-refractivity contribution in [2.24, 2.45) is 0 Å². The number of benzene rings is 3. The van der Waals surface area contributed by atoms with Crippen molar-refractivity contribution in [3.8, 4) is 5.75 Å². The van der Waals surface area contributed by atoms with Crippen LogP contribution >= 0.6 is 23.2 Å². The smallest absolute Gasteiger partial charge is 0.243 e. The molecule has 0 bridgehead atoms. The second kappa shape index (κ2) is 15.3. The Morgan fingerprint density at radius 2 is 1.64 bits per heavy atom. The van der Waals surface area contributed by atoms with Gasteiger partial charge in [-0.3, -0.25) is 13.9 Å². The van der Waals surface area contributed by atoms with Gasteiger partial charge in [-0.05, 0) is 67.8 Å². The van der Waals surface area contributed by atoms with E-state index >= 15 is 0 Å². The zero-order chi connectivity index (χ0) is 30.9. The van der Waals surface area contributed by atoms with Crippen molar-refractivity contribution >= 4 is 50.7 Å². The van der Waals surface area contributed by atoms with E-state index in [0.29, 0.717) is 27.0 Å². The van der Waals surface area contributed by atoms with E-state index in [0.717, 1.165) is 11.8 Å². The summed E-state index contributed by atoms with van der Waals surface area (Å²) < 4.78 is 31.7. The molecule has 0 saturated heterocycles. The largest absolute Gasteiger partial charge is 0.497 e. The van der Waals surface area contributed by atoms with Gasteiger partial charge in [-0.1, -0.05) is 59.6 Å². The number of hydrogen-bond acceptors (Lipinski definition) is 5. The van der Waals surface area contributed by atoms with Gasteiger partial charge >= 0.3 is 0 Å². The maximum absolute atomic E-state index is 13.9. The Balaban J connectivity index is 1.90. The van der Waals surface area contributed by atoms with Crippen LogP contribution in [-0.4, -0.2) is 57.1 Å². The molecule has 0 aliphatic carbocycles. The van der Waals surface area contributed by atoms with Crippen molar-refractivity contribution < 1.29 is 22.7 Å². The normalized spacial score (nSPS) is 12.1.